The summed E-state index contributed by atoms with van der Waals surface area (Å²) < 4.78 is 0. The average molecular weight is 192 g/mol. The van der Waals surface area contributed by atoms with Crippen molar-refractivity contribution in [3.63, 3.8) is 0 Å². The van der Waals surface area contributed by atoms with Crippen LogP contribution in [0.1, 0.15) is 52.4 Å². The predicted octanol–water partition coefficient (Wildman–Crippen LogP) is 3.18. The van der Waals surface area contributed by atoms with Crippen molar-refractivity contribution in [2.75, 3.05) is 0 Å². The van der Waals surface area contributed by atoms with Crippen LogP contribution in [0.4, 0.5) is 0 Å². The molecule has 4 aliphatic rings. The summed E-state index contributed by atoms with van der Waals surface area (Å²) in [6.45, 7) is 4.25. The molecule has 4 rings (SSSR count). The molecule has 14 heavy (non-hydrogen) atoms. The molecule has 0 heterocycles. The molecule has 0 aromatic rings. The molecule has 0 amide bonds. The summed E-state index contributed by atoms with van der Waals surface area (Å²) in [6.07, 6.45) is 7.85. The van der Waals surface area contributed by atoms with Gasteiger partial charge in [0.1, 0.15) is 5.78 Å². The summed E-state index contributed by atoms with van der Waals surface area (Å²) in [5.41, 5.74) is 0.647. The van der Waals surface area contributed by atoms with Gasteiger partial charge in [-0.05, 0) is 62.7 Å². The van der Waals surface area contributed by atoms with E-state index >= 15 is 0 Å². The van der Waals surface area contributed by atoms with Crippen molar-refractivity contribution in [1.29, 1.82) is 0 Å². The zero-order valence-electron chi connectivity index (χ0n) is 9.31. The normalized spacial score (nSPS) is 55.0. The van der Waals surface area contributed by atoms with Crippen molar-refractivity contribution in [3.05, 3.63) is 0 Å². The summed E-state index contributed by atoms with van der Waals surface area (Å²) in [5.74, 6) is 2.24. The molecule has 0 aromatic carbocycles. The Hall–Kier alpha value is -0.330. The number of hydrogen-bond acceptors (Lipinski definition) is 1. The van der Waals surface area contributed by atoms with Gasteiger partial charge in [0.05, 0.1) is 0 Å². The van der Waals surface area contributed by atoms with E-state index in [9.17, 15) is 4.79 Å². The number of carbonyl (C=O) groups is 1. The molecule has 0 spiro atoms. The molecule has 0 aromatic heterocycles. The highest BCUT2D eigenvalue weighted by molar-refractivity contribution is 5.83. The lowest BCUT2D eigenvalue weighted by Crippen LogP contribution is -2.53. The maximum Gasteiger partial charge on any atom is 0.136 e. The number of ketones is 1. The Balaban J connectivity index is 2.00. The Labute approximate surface area is 86.3 Å². The lowest BCUT2D eigenvalue weighted by Gasteiger charge is -2.60. The van der Waals surface area contributed by atoms with Crippen molar-refractivity contribution < 1.29 is 4.79 Å². The maximum absolute atomic E-state index is 11.8. The first kappa shape index (κ1) is 8.94. The first-order chi connectivity index (χ1) is 6.51. The van der Waals surface area contributed by atoms with Crippen LogP contribution in [-0.4, -0.2) is 5.78 Å². The van der Waals surface area contributed by atoms with Crippen LogP contribution in [0.15, 0.2) is 0 Å². The molecule has 4 saturated carbocycles. The molecule has 0 saturated heterocycles. The van der Waals surface area contributed by atoms with E-state index in [1.807, 2.05) is 6.92 Å². The average Bonchev–Trinajstić information content (AvgIpc) is 1.98. The quantitative estimate of drug-likeness (QED) is 0.623. The number of carbonyl (C=O) groups excluding carboxylic acids is 1. The summed E-state index contributed by atoms with van der Waals surface area (Å²) in [7, 11) is 0. The molecule has 4 bridgehead atoms. The van der Waals surface area contributed by atoms with E-state index in [-0.39, 0.29) is 5.41 Å². The minimum absolute atomic E-state index is 0.124. The molecular formula is C13H20O. The molecular weight excluding hydrogens is 172 g/mol. The fourth-order valence-corrected chi connectivity index (χ4v) is 5.13. The zero-order chi connectivity index (χ0) is 9.97. The van der Waals surface area contributed by atoms with Crippen molar-refractivity contribution >= 4 is 5.78 Å². The van der Waals surface area contributed by atoms with Crippen LogP contribution in [0.25, 0.3) is 0 Å². The van der Waals surface area contributed by atoms with Crippen molar-refractivity contribution in [2.45, 2.75) is 52.4 Å². The van der Waals surface area contributed by atoms with Crippen LogP contribution in [0.3, 0.4) is 0 Å². The highest BCUT2D eigenvalue weighted by Crippen LogP contribution is 2.65. The predicted molar refractivity (Wildman–Crippen MR) is 55.9 cm³/mol. The Morgan fingerprint density at radius 2 is 1.71 bits per heavy atom. The molecule has 1 heteroatoms. The second kappa shape index (κ2) is 2.43. The second-order valence-corrected chi connectivity index (χ2v) is 6.61. The minimum atomic E-state index is 0.124. The molecule has 1 nitrogen and oxygen atoms in total. The topological polar surface area (TPSA) is 17.1 Å². The standard InChI is InChI=1S/C13H20O/c1-9(14)13-6-10-3-11(7-13)5-12(2,4-10)8-13/h10-11H,3-8H2,1-2H3. The highest BCUT2D eigenvalue weighted by Gasteiger charge is 2.57. The molecule has 4 aliphatic carbocycles. The van der Waals surface area contributed by atoms with Gasteiger partial charge in [-0.3, -0.25) is 4.79 Å². The van der Waals surface area contributed by atoms with Crippen LogP contribution >= 0.6 is 0 Å². The van der Waals surface area contributed by atoms with Gasteiger partial charge in [0.15, 0.2) is 0 Å². The molecule has 78 valence electrons. The van der Waals surface area contributed by atoms with E-state index in [0.717, 1.165) is 11.8 Å². The number of rotatable bonds is 1. The molecule has 2 atom stereocenters. The van der Waals surface area contributed by atoms with Crippen LogP contribution in [0, 0.1) is 22.7 Å². The number of hydrogen-bond donors (Lipinski definition) is 0. The van der Waals surface area contributed by atoms with E-state index in [2.05, 4.69) is 6.92 Å². The largest absolute Gasteiger partial charge is 0.299 e. The third-order valence-electron chi connectivity index (χ3n) is 5.10. The van der Waals surface area contributed by atoms with Crippen molar-refractivity contribution in [3.8, 4) is 0 Å². The first-order valence-corrected chi connectivity index (χ1v) is 6.02. The van der Waals surface area contributed by atoms with Gasteiger partial charge in [0.2, 0.25) is 0 Å². The Morgan fingerprint density at radius 3 is 2.14 bits per heavy atom. The highest BCUT2D eigenvalue weighted by atomic mass is 16.1. The Kier molecular flexibility index (Phi) is 1.55. The van der Waals surface area contributed by atoms with Crippen LogP contribution < -0.4 is 0 Å². The van der Waals surface area contributed by atoms with Gasteiger partial charge < -0.3 is 0 Å². The van der Waals surface area contributed by atoms with E-state index in [4.69, 9.17) is 0 Å². The van der Waals surface area contributed by atoms with Crippen LogP contribution in [0.2, 0.25) is 0 Å². The Morgan fingerprint density at radius 1 is 1.14 bits per heavy atom. The number of Topliss-reactive ketones (excluding diaryl/α,β-unsaturated/α-hetero) is 1. The van der Waals surface area contributed by atoms with Gasteiger partial charge in [0, 0.05) is 5.41 Å². The van der Waals surface area contributed by atoms with Gasteiger partial charge in [0.25, 0.3) is 0 Å². The maximum atomic E-state index is 11.8. The fraction of sp³-hybridized carbons (Fsp3) is 0.923. The second-order valence-electron chi connectivity index (χ2n) is 6.61. The monoisotopic (exact) mass is 192 g/mol. The van der Waals surface area contributed by atoms with Gasteiger partial charge in [-0.25, -0.2) is 0 Å². The molecule has 4 fully saturated rings. The van der Waals surface area contributed by atoms with Crippen molar-refractivity contribution in [1.82, 2.24) is 0 Å². The van der Waals surface area contributed by atoms with Gasteiger partial charge in [-0.2, -0.15) is 0 Å². The zero-order valence-corrected chi connectivity index (χ0v) is 9.31. The first-order valence-electron chi connectivity index (χ1n) is 6.02. The third-order valence-corrected chi connectivity index (χ3v) is 5.10. The lowest BCUT2D eigenvalue weighted by molar-refractivity contribution is -0.150. The van der Waals surface area contributed by atoms with Crippen LogP contribution in [0.5, 0.6) is 0 Å². The lowest BCUT2D eigenvalue weighted by atomic mass is 9.44. The van der Waals surface area contributed by atoms with E-state index < -0.39 is 0 Å². The summed E-state index contributed by atoms with van der Waals surface area (Å²) in [4.78, 5) is 11.8. The SMILES string of the molecule is CC(=O)C12CC3CC(CC(C)(C3)C1)C2. The van der Waals surface area contributed by atoms with Gasteiger partial charge in [-0.15, -0.1) is 0 Å². The van der Waals surface area contributed by atoms with Gasteiger partial charge in [-0.1, -0.05) is 6.92 Å². The third kappa shape index (κ3) is 1.04. The van der Waals surface area contributed by atoms with E-state index in [0.29, 0.717) is 11.2 Å². The van der Waals surface area contributed by atoms with E-state index in [1.54, 1.807) is 0 Å². The summed E-state index contributed by atoms with van der Waals surface area (Å²) >= 11 is 0. The van der Waals surface area contributed by atoms with E-state index in [1.165, 1.54) is 38.5 Å². The molecule has 0 N–H and O–H groups in total. The van der Waals surface area contributed by atoms with Crippen LogP contribution in [-0.2, 0) is 4.79 Å². The molecule has 0 aliphatic heterocycles. The molecule has 2 unspecified atom stereocenters. The summed E-state index contributed by atoms with van der Waals surface area (Å²) in [5, 5.41) is 0. The Bertz CT molecular complexity index is 278. The smallest absolute Gasteiger partial charge is 0.136 e. The molecule has 0 radical (unpaired) electrons. The van der Waals surface area contributed by atoms with Crippen molar-refractivity contribution in [2.24, 2.45) is 22.7 Å². The van der Waals surface area contributed by atoms with Gasteiger partial charge >= 0.3 is 0 Å². The summed E-state index contributed by atoms with van der Waals surface area (Å²) in [6, 6.07) is 0. The minimum Gasteiger partial charge on any atom is -0.299 e. The fourth-order valence-electron chi connectivity index (χ4n) is 5.13.